The van der Waals surface area contributed by atoms with Gasteiger partial charge in [0.2, 0.25) is 0 Å². The number of aromatic nitrogens is 2. The second-order valence-corrected chi connectivity index (χ2v) is 10.2. The van der Waals surface area contributed by atoms with Crippen LogP contribution in [-0.2, 0) is 6.54 Å². The van der Waals surface area contributed by atoms with Gasteiger partial charge < -0.3 is 10.6 Å². The highest BCUT2D eigenvalue weighted by Crippen LogP contribution is 2.31. The smallest absolute Gasteiger partial charge is 0.262 e. The Hall–Kier alpha value is -3.36. The fourth-order valence-corrected chi connectivity index (χ4v) is 5.14. The van der Waals surface area contributed by atoms with Crippen molar-refractivity contribution in [1.29, 1.82) is 0 Å². The van der Waals surface area contributed by atoms with E-state index in [4.69, 9.17) is 10.7 Å². The van der Waals surface area contributed by atoms with Crippen LogP contribution in [0, 0.1) is 12.8 Å². The van der Waals surface area contributed by atoms with Crippen molar-refractivity contribution in [2.24, 2.45) is 11.7 Å². The predicted molar refractivity (Wildman–Crippen MR) is 143 cm³/mol. The van der Waals surface area contributed by atoms with E-state index < -0.39 is 12.2 Å². The number of carbonyl (C=O) groups excluding carboxylic acids is 1. The maximum atomic E-state index is 14.8. The van der Waals surface area contributed by atoms with Crippen LogP contribution in [0.15, 0.2) is 70.8 Å². The molecule has 36 heavy (non-hydrogen) atoms. The number of amides is 1. The molecule has 8 heteroatoms. The number of hydrogen-bond donors (Lipinski definition) is 1. The first-order valence-electron chi connectivity index (χ1n) is 12.0. The Balaban J connectivity index is 1.90. The molecule has 2 N–H and O–H groups in total. The van der Waals surface area contributed by atoms with E-state index in [2.05, 4.69) is 0 Å². The molecule has 0 aliphatic rings. The van der Waals surface area contributed by atoms with Crippen molar-refractivity contribution >= 4 is 27.5 Å². The van der Waals surface area contributed by atoms with E-state index in [1.807, 2.05) is 68.6 Å². The SMILES string of the molecule is Cc1ccc(C(=O)N(C[C@@H](F)CN)[C@H](c2nc3sccc3c(=O)n2Cc2ccccc2)C(C)C)cc1. The molecule has 188 valence electrons. The van der Waals surface area contributed by atoms with E-state index >= 15 is 0 Å². The number of nitrogens with two attached hydrogens (primary N) is 1. The maximum Gasteiger partial charge on any atom is 0.262 e. The molecule has 0 radical (unpaired) electrons. The topological polar surface area (TPSA) is 81.2 Å². The van der Waals surface area contributed by atoms with Gasteiger partial charge >= 0.3 is 0 Å². The van der Waals surface area contributed by atoms with Crippen LogP contribution in [0.25, 0.3) is 10.2 Å². The Kier molecular flexibility index (Phi) is 7.96. The van der Waals surface area contributed by atoms with Crippen LogP contribution >= 0.6 is 11.3 Å². The van der Waals surface area contributed by atoms with Gasteiger partial charge in [0.1, 0.15) is 16.8 Å². The van der Waals surface area contributed by atoms with Gasteiger partial charge in [-0.25, -0.2) is 9.37 Å². The predicted octanol–water partition coefficient (Wildman–Crippen LogP) is 4.95. The normalized spacial score (nSPS) is 13.2. The minimum absolute atomic E-state index is 0.157. The van der Waals surface area contributed by atoms with Crippen LogP contribution in [0.2, 0.25) is 0 Å². The van der Waals surface area contributed by atoms with Gasteiger partial charge in [0.05, 0.1) is 24.5 Å². The van der Waals surface area contributed by atoms with Gasteiger partial charge in [-0.3, -0.25) is 14.2 Å². The third-order valence-electron chi connectivity index (χ3n) is 6.24. The zero-order chi connectivity index (χ0) is 25.8. The fraction of sp³-hybridized carbons (Fsp3) is 0.321. The second kappa shape index (κ2) is 11.1. The van der Waals surface area contributed by atoms with Crippen molar-refractivity contribution in [3.05, 3.63) is 98.9 Å². The van der Waals surface area contributed by atoms with Crippen molar-refractivity contribution in [1.82, 2.24) is 14.5 Å². The summed E-state index contributed by atoms with van der Waals surface area (Å²) in [5, 5.41) is 2.37. The zero-order valence-electron chi connectivity index (χ0n) is 20.7. The van der Waals surface area contributed by atoms with Crippen LogP contribution in [0.3, 0.4) is 0 Å². The van der Waals surface area contributed by atoms with Crippen LogP contribution in [0.1, 0.15) is 47.2 Å². The summed E-state index contributed by atoms with van der Waals surface area (Å²) in [5.74, 6) is -0.0363. The summed E-state index contributed by atoms with van der Waals surface area (Å²) in [6.07, 6.45) is -1.42. The first-order chi connectivity index (χ1) is 17.3. The van der Waals surface area contributed by atoms with Gasteiger partial charge in [-0.05, 0) is 42.0 Å². The molecule has 0 unspecified atom stereocenters. The number of alkyl halides is 1. The summed E-state index contributed by atoms with van der Waals surface area (Å²) in [4.78, 5) is 34.4. The van der Waals surface area contributed by atoms with E-state index in [-0.39, 0.29) is 30.5 Å². The van der Waals surface area contributed by atoms with Gasteiger partial charge in [-0.15, -0.1) is 11.3 Å². The van der Waals surface area contributed by atoms with Crippen molar-refractivity contribution in [2.45, 2.75) is 39.5 Å². The maximum absolute atomic E-state index is 14.8. The summed E-state index contributed by atoms with van der Waals surface area (Å²) < 4.78 is 16.4. The zero-order valence-corrected chi connectivity index (χ0v) is 21.5. The van der Waals surface area contributed by atoms with Gasteiger partial charge in [0.25, 0.3) is 11.5 Å². The molecule has 0 spiro atoms. The molecule has 0 fully saturated rings. The number of carbonyl (C=O) groups is 1. The molecule has 0 saturated carbocycles. The summed E-state index contributed by atoms with van der Waals surface area (Å²) in [5.41, 5.74) is 7.85. The highest BCUT2D eigenvalue weighted by molar-refractivity contribution is 7.16. The third kappa shape index (κ3) is 5.39. The molecular weight excluding hydrogens is 475 g/mol. The molecule has 4 rings (SSSR count). The molecule has 1 amide bonds. The first kappa shape index (κ1) is 25.7. The monoisotopic (exact) mass is 506 g/mol. The number of halogens is 1. The average Bonchev–Trinajstić information content (AvgIpc) is 3.35. The quantitative estimate of drug-likeness (QED) is 0.348. The van der Waals surface area contributed by atoms with E-state index in [1.54, 1.807) is 22.8 Å². The lowest BCUT2D eigenvalue weighted by Crippen LogP contribution is -2.45. The number of thiophene rings is 1. The number of nitrogens with zero attached hydrogens (tertiary/aromatic N) is 3. The lowest BCUT2D eigenvalue weighted by atomic mass is 9.98. The lowest BCUT2D eigenvalue weighted by Gasteiger charge is -2.36. The molecule has 4 aromatic rings. The Bertz CT molecular complexity index is 1380. The van der Waals surface area contributed by atoms with E-state index in [1.165, 1.54) is 16.2 Å². The van der Waals surface area contributed by atoms with Crippen molar-refractivity contribution in [3.8, 4) is 0 Å². The molecule has 0 bridgehead atoms. The summed E-state index contributed by atoms with van der Waals surface area (Å²) in [6.45, 7) is 5.73. The average molecular weight is 507 g/mol. The molecule has 0 aliphatic carbocycles. The molecule has 0 aliphatic heterocycles. The van der Waals surface area contributed by atoms with Gasteiger partial charge in [-0.2, -0.15) is 0 Å². The molecular formula is C28H31FN4O2S. The van der Waals surface area contributed by atoms with Gasteiger partial charge in [0, 0.05) is 12.1 Å². The molecule has 2 aromatic carbocycles. The molecule has 2 heterocycles. The number of fused-ring (bicyclic) bond motifs is 1. The lowest BCUT2D eigenvalue weighted by molar-refractivity contribution is 0.0534. The standard InChI is InChI=1S/C28H31FN4O2S/c1-18(2)24(32(17-22(29)15-30)27(34)21-11-9-19(3)10-12-21)25-31-26-23(13-14-36-26)28(35)33(25)16-20-7-5-4-6-8-20/h4-14,18,22,24H,15-17,30H2,1-3H3/t22-,24-/m0/s1. The van der Waals surface area contributed by atoms with Crippen molar-refractivity contribution < 1.29 is 9.18 Å². The second-order valence-electron chi connectivity index (χ2n) is 9.33. The summed E-state index contributed by atoms with van der Waals surface area (Å²) in [7, 11) is 0. The largest absolute Gasteiger partial charge is 0.328 e. The molecule has 0 saturated heterocycles. The highest BCUT2D eigenvalue weighted by atomic mass is 32.1. The van der Waals surface area contributed by atoms with Crippen LogP contribution in [0.5, 0.6) is 0 Å². The summed E-state index contributed by atoms with van der Waals surface area (Å²) >= 11 is 1.37. The van der Waals surface area contributed by atoms with Crippen molar-refractivity contribution in [2.75, 3.05) is 13.1 Å². The van der Waals surface area contributed by atoms with E-state index in [9.17, 15) is 14.0 Å². The minimum Gasteiger partial charge on any atom is -0.328 e. The number of benzene rings is 2. The Labute approximate surface area is 214 Å². The van der Waals surface area contributed by atoms with E-state index in [0.717, 1.165) is 11.1 Å². The number of aryl methyl sites for hydroxylation is 1. The van der Waals surface area contributed by atoms with Crippen LogP contribution < -0.4 is 11.3 Å². The molecule has 2 atom stereocenters. The fourth-order valence-electron chi connectivity index (χ4n) is 4.38. The van der Waals surface area contributed by atoms with Gasteiger partial charge in [-0.1, -0.05) is 61.9 Å². The van der Waals surface area contributed by atoms with Crippen molar-refractivity contribution in [3.63, 3.8) is 0 Å². The summed E-state index contributed by atoms with van der Waals surface area (Å²) in [6, 6.07) is 17.9. The minimum atomic E-state index is -1.42. The molecule has 6 nitrogen and oxygen atoms in total. The van der Waals surface area contributed by atoms with Gasteiger partial charge in [0.15, 0.2) is 0 Å². The Morgan fingerprint density at radius 1 is 1.11 bits per heavy atom. The Morgan fingerprint density at radius 3 is 2.44 bits per heavy atom. The Morgan fingerprint density at radius 2 is 1.81 bits per heavy atom. The first-order valence-corrected chi connectivity index (χ1v) is 12.9. The third-order valence-corrected chi connectivity index (χ3v) is 7.04. The number of rotatable bonds is 9. The number of hydrogen-bond acceptors (Lipinski definition) is 5. The van der Waals surface area contributed by atoms with E-state index in [0.29, 0.717) is 28.1 Å². The van der Waals surface area contributed by atoms with Crippen LogP contribution in [-0.4, -0.2) is 39.6 Å². The molecule has 2 aromatic heterocycles. The van der Waals surface area contributed by atoms with Crippen LogP contribution in [0.4, 0.5) is 4.39 Å². The highest BCUT2D eigenvalue weighted by Gasteiger charge is 2.34.